The van der Waals surface area contributed by atoms with Crippen LogP contribution >= 0.6 is 0 Å². The van der Waals surface area contributed by atoms with Crippen molar-refractivity contribution >= 4 is 0 Å². The largest absolute Gasteiger partial charge is 0.377 e. The van der Waals surface area contributed by atoms with E-state index in [0.717, 1.165) is 0 Å². The van der Waals surface area contributed by atoms with Gasteiger partial charge in [-0.2, -0.15) is 5.06 Å². The van der Waals surface area contributed by atoms with Gasteiger partial charge >= 0.3 is 0 Å². The van der Waals surface area contributed by atoms with E-state index in [1.807, 2.05) is 40.9 Å². The first kappa shape index (κ1) is 16.6. The van der Waals surface area contributed by atoms with Crippen LogP contribution in [0.2, 0.25) is 0 Å². The lowest BCUT2D eigenvalue weighted by atomic mass is 9.87. The zero-order chi connectivity index (χ0) is 14.6. The Labute approximate surface area is 116 Å². The molecule has 0 aromatic heterocycles. The SMILES string of the molecule is CO[C@@H]1C(OC(C)(C)C)[C@@H](CON(C)C)C=C[C@H]1N. The van der Waals surface area contributed by atoms with Crippen molar-refractivity contribution in [2.24, 2.45) is 11.7 Å². The van der Waals surface area contributed by atoms with E-state index in [9.17, 15) is 0 Å². The van der Waals surface area contributed by atoms with Crippen molar-refractivity contribution in [3.63, 3.8) is 0 Å². The molecule has 19 heavy (non-hydrogen) atoms. The van der Waals surface area contributed by atoms with E-state index in [0.29, 0.717) is 6.61 Å². The zero-order valence-corrected chi connectivity index (χ0v) is 12.9. The Hall–Kier alpha value is -0.460. The van der Waals surface area contributed by atoms with E-state index < -0.39 is 0 Å². The third kappa shape index (κ3) is 5.20. The van der Waals surface area contributed by atoms with Crippen molar-refractivity contribution in [3.05, 3.63) is 12.2 Å². The van der Waals surface area contributed by atoms with Crippen LogP contribution < -0.4 is 5.73 Å². The number of ether oxygens (including phenoxy) is 2. The molecule has 1 aliphatic carbocycles. The number of hydrogen-bond acceptors (Lipinski definition) is 5. The van der Waals surface area contributed by atoms with Crippen LogP contribution in [0.5, 0.6) is 0 Å². The highest BCUT2D eigenvalue weighted by molar-refractivity contribution is 5.10. The zero-order valence-electron chi connectivity index (χ0n) is 12.9. The Morgan fingerprint density at radius 2 is 1.79 bits per heavy atom. The quantitative estimate of drug-likeness (QED) is 0.602. The maximum atomic E-state index is 6.14. The summed E-state index contributed by atoms with van der Waals surface area (Å²) in [5.74, 6) is 0.131. The van der Waals surface area contributed by atoms with Crippen molar-refractivity contribution in [1.29, 1.82) is 0 Å². The molecule has 0 aliphatic heterocycles. The average molecular weight is 272 g/mol. The summed E-state index contributed by atoms with van der Waals surface area (Å²) >= 11 is 0. The molecule has 0 heterocycles. The summed E-state index contributed by atoms with van der Waals surface area (Å²) in [7, 11) is 5.41. The normalized spacial score (nSPS) is 32.0. The topological polar surface area (TPSA) is 57.0 Å². The molecule has 5 heteroatoms. The highest BCUT2D eigenvalue weighted by Gasteiger charge is 2.38. The molecule has 4 atom stereocenters. The molecule has 0 spiro atoms. The minimum atomic E-state index is -0.247. The van der Waals surface area contributed by atoms with Crippen LogP contribution in [0.15, 0.2) is 12.2 Å². The summed E-state index contributed by atoms with van der Waals surface area (Å²) in [6.45, 7) is 6.66. The third-order valence-electron chi connectivity index (χ3n) is 2.99. The van der Waals surface area contributed by atoms with Gasteiger partial charge in [0.05, 0.1) is 24.4 Å². The number of methoxy groups -OCH3 is 1. The van der Waals surface area contributed by atoms with Crippen LogP contribution in [0.4, 0.5) is 0 Å². The maximum absolute atomic E-state index is 6.14. The summed E-state index contributed by atoms with van der Waals surface area (Å²) in [6, 6.07) is -0.145. The van der Waals surface area contributed by atoms with Gasteiger partial charge < -0.3 is 15.2 Å². The minimum Gasteiger partial charge on any atom is -0.377 e. The number of nitrogens with two attached hydrogens (primary N) is 1. The standard InChI is InChI=1S/C14H28N2O3/c1-14(2,3)19-12-10(9-18-16(4)5)7-8-11(15)13(12)17-6/h7-8,10-13H,9,15H2,1-6H3/t10-,11-,12?,13+/m1/s1. The van der Waals surface area contributed by atoms with Gasteiger partial charge in [0.25, 0.3) is 0 Å². The van der Waals surface area contributed by atoms with Crippen LogP contribution in [-0.2, 0) is 14.3 Å². The van der Waals surface area contributed by atoms with Crippen molar-refractivity contribution < 1.29 is 14.3 Å². The summed E-state index contributed by atoms with van der Waals surface area (Å²) < 4.78 is 11.7. The lowest BCUT2D eigenvalue weighted by Gasteiger charge is -2.40. The second-order valence-corrected chi connectivity index (χ2v) is 6.13. The number of hydroxylamine groups is 2. The predicted octanol–water partition coefficient (Wildman–Crippen LogP) is 1.19. The summed E-state index contributed by atoms with van der Waals surface area (Å²) in [5.41, 5.74) is 5.83. The molecule has 112 valence electrons. The number of hydrogen-bond donors (Lipinski definition) is 1. The molecule has 5 nitrogen and oxygen atoms in total. The molecule has 1 unspecified atom stereocenters. The first-order valence-electron chi connectivity index (χ1n) is 6.69. The first-order chi connectivity index (χ1) is 8.74. The molecule has 0 aromatic carbocycles. The smallest absolute Gasteiger partial charge is 0.103 e. The Bertz CT molecular complexity index is 300. The van der Waals surface area contributed by atoms with Gasteiger partial charge in [0, 0.05) is 27.1 Å². The van der Waals surface area contributed by atoms with Crippen molar-refractivity contribution in [3.8, 4) is 0 Å². The van der Waals surface area contributed by atoms with Crippen LogP contribution in [0.1, 0.15) is 20.8 Å². The predicted molar refractivity (Wildman–Crippen MR) is 75.7 cm³/mol. The second kappa shape index (κ2) is 6.81. The molecule has 1 aliphatic rings. The monoisotopic (exact) mass is 272 g/mol. The maximum Gasteiger partial charge on any atom is 0.103 e. The second-order valence-electron chi connectivity index (χ2n) is 6.13. The Morgan fingerprint density at radius 3 is 2.26 bits per heavy atom. The van der Waals surface area contributed by atoms with E-state index in [4.69, 9.17) is 20.0 Å². The number of nitrogens with zero attached hydrogens (tertiary/aromatic N) is 1. The van der Waals surface area contributed by atoms with Crippen LogP contribution in [-0.4, -0.2) is 56.7 Å². The van der Waals surface area contributed by atoms with Gasteiger partial charge in [0.1, 0.15) is 6.10 Å². The van der Waals surface area contributed by atoms with E-state index in [2.05, 4.69) is 6.08 Å². The van der Waals surface area contributed by atoms with Gasteiger partial charge in [-0.1, -0.05) is 12.2 Å². The van der Waals surface area contributed by atoms with Gasteiger partial charge in [0.15, 0.2) is 0 Å². The molecule has 0 bridgehead atoms. The highest BCUT2D eigenvalue weighted by Crippen LogP contribution is 2.27. The van der Waals surface area contributed by atoms with Crippen molar-refractivity contribution in [1.82, 2.24) is 5.06 Å². The highest BCUT2D eigenvalue weighted by atomic mass is 16.7. The Balaban J connectivity index is 2.82. The lowest BCUT2D eigenvalue weighted by molar-refractivity contribution is -0.179. The van der Waals surface area contributed by atoms with Gasteiger partial charge in [-0.15, -0.1) is 0 Å². The molecule has 0 aromatic rings. The van der Waals surface area contributed by atoms with E-state index in [1.165, 1.54) is 0 Å². The molecule has 0 amide bonds. The summed E-state index contributed by atoms with van der Waals surface area (Å²) in [4.78, 5) is 5.56. The van der Waals surface area contributed by atoms with E-state index >= 15 is 0 Å². The minimum absolute atomic E-state index is 0.107. The molecule has 0 radical (unpaired) electrons. The lowest BCUT2D eigenvalue weighted by Crippen LogP contribution is -2.53. The fourth-order valence-corrected chi connectivity index (χ4v) is 2.19. The molecule has 0 fully saturated rings. The molecular weight excluding hydrogens is 244 g/mol. The van der Waals surface area contributed by atoms with Gasteiger partial charge in [-0.05, 0) is 20.8 Å². The van der Waals surface area contributed by atoms with Gasteiger partial charge in [0.2, 0.25) is 0 Å². The molecule has 0 saturated heterocycles. The fourth-order valence-electron chi connectivity index (χ4n) is 2.19. The summed E-state index contributed by atoms with van der Waals surface area (Å²) in [6.07, 6.45) is 3.78. The number of rotatable bonds is 5. The third-order valence-corrected chi connectivity index (χ3v) is 2.99. The van der Waals surface area contributed by atoms with Crippen LogP contribution in [0.3, 0.4) is 0 Å². The van der Waals surface area contributed by atoms with Crippen molar-refractivity contribution in [2.75, 3.05) is 27.8 Å². The first-order valence-corrected chi connectivity index (χ1v) is 6.69. The van der Waals surface area contributed by atoms with Crippen LogP contribution in [0, 0.1) is 5.92 Å². The molecular formula is C14H28N2O3. The molecule has 1 rings (SSSR count). The molecule has 2 N–H and O–H groups in total. The Morgan fingerprint density at radius 1 is 1.16 bits per heavy atom. The van der Waals surface area contributed by atoms with Crippen molar-refractivity contribution in [2.45, 2.75) is 44.6 Å². The summed E-state index contributed by atoms with van der Waals surface area (Å²) in [5, 5.41) is 1.69. The van der Waals surface area contributed by atoms with E-state index in [1.54, 1.807) is 12.2 Å². The van der Waals surface area contributed by atoms with Gasteiger partial charge in [-0.25, -0.2) is 0 Å². The van der Waals surface area contributed by atoms with Gasteiger partial charge in [-0.3, -0.25) is 4.84 Å². The van der Waals surface area contributed by atoms with Crippen LogP contribution in [0.25, 0.3) is 0 Å². The Kier molecular flexibility index (Phi) is 5.95. The fraction of sp³-hybridized carbons (Fsp3) is 0.857. The molecule has 0 saturated carbocycles. The van der Waals surface area contributed by atoms with E-state index in [-0.39, 0.29) is 29.8 Å². The average Bonchev–Trinajstić information content (AvgIpc) is 2.26.